The minimum absolute atomic E-state index is 0.370. The van der Waals surface area contributed by atoms with Crippen molar-refractivity contribution in [3.05, 3.63) is 28.8 Å². The summed E-state index contributed by atoms with van der Waals surface area (Å²) in [5.74, 6) is 0. The van der Waals surface area contributed by atoms with E-state index in [1.165, 1.54) is 23.3 Å². The van der Waals surface area contributed by atoms with Crippen LogP contribution in [0.25, 0.3) is 0 Å². The Bertz CT molecular complexity index is 361. The Balaban J connectivity index is 2.26. The molecule has 15 heavy (non-hydrogen) atoms. The molecule has 0 heterocycles. The van der Waals surface area contributed by atoms with Crippen molar-refractivity contribution in [3.63, 3.8) is 0 Å². The van der Waals surface area contributed by atoms with E-state index in [0.717, 1.165) is 11.6 Å². The summed E-state index contributed by atoms with van der Waals surface area (Å²) in [4.78, 5) is 1.17. The number of benzene rings is 1. The van der Waals surface area contributed by atoms with Gasteiger partial charge in [0, 0.05) is 16.9 Å². The summed E-state index contributed by atoms with van der Waals surface area (Å²) in [6, 6.07) is 6.50. The minimum Gasteiger partial charge on any atom is -0.319 e. The maximum atomic E-state index is 6.22. The quantitative estimate of drug-likeness (QED) is 0.812. The Morgan fingerprint density at radius 3 is 2.67 bits per heavy atom. The second kappa shape index (κ2) is 4.36. The molecular weight excluding hydrogens is 226 g/mol. The van der Waals surface area contributed by atoms with E-state index in [4.69, 9.17) is 11.6 Å². The summed E-state index contributed by atoms with van der Waals surface area (Å²) in [7, 11) is 2.01. The monoisotopic (exact) mass is 241 g/mol. The third-order valence-corrected chi connectivity index (χ3v) is 4.35. The molecule has 0 aliphatic heterocycles. The van der Waals surface area contributed by atoms with Gasteiger partial charge in [0.25, 0.3) is 0 Å². The van der Waals surface area contributed by atoms with Crippen molar-refractivity contribution in [1.29, 1.82) is 0 Å². The Labute approximate surface area is 101 Å². The minimum atomic E-state index is 0.370. The Morgan fingerprint density at radius 1 is 1.47 bits per heavy atom. The van der Waals surface area contributed by atoms with Crippen molar-refractivity contribution in [3.8, 4) is 0 Å². The van der Waals surface area contributed by atoms with E-state index >= 15 is 0 Å². The van der Waals surface area contributed by atoms with Gasteiger partial charge in [0.2, 0.25) is 0 Å². The molecule has 0 atom stereocenters. The predicted molar refractivity (Wildman–Crippen MR) is 68.1 cm³/mol. The van der Waals surface area contributed by atoms with E-state index in [1.54, 1.807) is 11.8 Å². The fourth-order valence-corrected chi connectivity index (χ4v) is 2.92. The van der Waals surface area contributed by atoms with Crippen LogP contribution in [0.1, 0.15) is 18.4 Å². The number of likely N-dealkylation sites (N-methyl/N-ethyl adjacent to an activating group) is 1. The lowest BCUT2D eigenvalue weighted by atomic mass is 9.96. The third-order valence-electron chi connectivity index (χ3n) is 3.13. The summed E-state index contributed by atoms with van der Waals surface area (Å²) >= 11 is 7.92. The third kappa shape index (κ3) is 2.17. The molecule has 1 fully saturated rings. The van der Waals surface area contributed by atoms with E-state index in [1.807, 2.05) is 7.05 Å². The van der Waals surface area contributed by atoms with Crippen molar-refractivity contribution in [2.24, 2.45) is 0 Å². The van der Waals surface area contributed by atoms with Crippen molar-refractivity contribution in [2.75, 3.05) is 19.8 Å². The second-order valence-corrected chi connectivity index (χ2v) is 5.42. The first-order valence-electron chi connectivity index (χ1n) is 5.20. The van der Waals surface area contributed by atoms with Crippen LogP contribution in [-0.4, -0.2) is 19.8 Å². The van der Waals surface area contributed by atoms with E-state index in [2.05, 4.69) is 29.8 Å². The largest absolute Gasteiger partial charge is 0.319 e. The van der Waals surface area contributed by atoms with Crippen molar-refractivity contribution < 1.29 is 0 Å². The number of rotatable bonds is 4. The molecular formula is C12H16ClNS. The highest BCUT2D eigenvalue weighted by Crippen LogP contribution is 2.48. The molecule has 0 amide bonds. The van der Waals surface area contributed by atoms with Crippen molar-refractivity contribution in [2.45, 2.75) is 23.2 Å². The molecule has 0 aromatic heterocycles. The molecule has 1 saturated carbocycles. The van der Waals surface area contributed by atoms with Crippen LogP contribution in [0.3, 0.4) is 0 Å². The highest BCUT2D eigenvalue weighted by atomic mass is 35.5. The zero-order valence-corrected chi connectivity index (χ0v) is 10.7. The van der Waals surface area contributed by atoms with E-state index in [9.17, 15) is 0 Å². The lowest BCUT2D eigenvalue weighted by Gasteiger charge is -2.16. The highest BCUT2D eigenvalue weighted by Gasteiger charge is 2.43. The SMILES string of the molecule is CNCC1(c2ccc(SC)c(Cl)c2)CC1. The summed E-state index contributed by atoms with van der Waals surface area (Å²) in [5.41, 5.74) is 1.76. The Hall–Kier alpha value is -0.180. The van der Waals surface area contributed by atoms with Gasteiger partial charge in [0.1, 0.15) is 0 Å². The average Bonchev–Trinajstić information content (AvgIpc) is 2.99. The maximum absolute atomic E-state index is 6.22. The summed E-state index contributed by atoms with van der Waals surface area (Å²) in [6.45, 7) is 1.06. The summed E-state index contributed by atoms with van der Waals surface area (Å²) < 4.78 is 0. The standard InChI is InChI=1S/C12H16ClNS/c1-14-8-12(5-6-12)9-3-4-11(15-2)10(13)7-9/h3-4,7,14H,5-6,8H2,1-2H3. The molecule has 1 aliphatic rings. The number of halogens is 1. The van der Waals surface area contributed by atoms with Crippen LogP contribution >= 0.6 is 23.4 Å². The van der Waals surface area contributed by atoms with Crippen LogP contribution < -0.4 is 5.32 Å². The normalized spacial score (nSPS) is 17.8. The Morgan fingerprint density at radius 2 is 2.20 bits per heavy atom. The van der Waals surface area contributed by atoms with Gasteiger partial charge < -0.3 is 5.32 Å². The first kappa shape index (κ1) is 11.3. The van der Waals surface area contributed by atoms with Crippen LogP contribution in [0.15, 0.2) is 23.1 Å². The van der Waals surface area contributed by atoms with E-state index < -0.39 is 0 Å². The number of hydrogen-bond acceptors (Lipinski definition) is 2. The van der Waals surface area contributed by atoms with Gasteiger partial charge >= 0.3 is 0 Å². The molecule has 82 valence electrons. The summed E-state index contributed by atoms with van der Waals surface area (Å²) in [5, 5.41) is 4.16. The van der Waals surface area contributed by atoms with E-state index in [-0.39, 0.29) is 0 Å². The van der Waals surface area contributed by atoms with Crippen molar-refractivity contribution in [1.82, 2.24) is 5.32 Å². The van der Waals surface area contributed by atoms with Crippen molar-refractivity contribution >= 4 is 23.4 Å². The smallest absolute Gasteiger partial charge is 0.0544 e. The lowest BCUT2D eigenvalue weighted by Crippen LogP contribution is -2.23. The molecule has 1 aliphatic carbocycles. The van der Waals surface area contributed by atoms with Crippen LogP contribution in [-0.2, 0) is 5.41 Å². The van der Waals surface area contributed by atoms with Gasteiger partial charge in [-0.05, 0) is 43.8 Å². The van der Waals surface area contributed by atoms with Crippen LogP contribution in [0, 0.1) is 0 Å². The molecule has 2 rings (SSSR count). The molecule has 1 nitrogen and oxygen atoms in total. The topological polar surface area (TPSA) is 12.0 Å². The van der Waals surface area contributed by atoms with Gasteiger partial charge in [-0.3, -0.25) is 0 Å². The molecule has 1 aromatic rings. The van der Waals surface area contributed by atoms with Gasteiger partial charge in [-0.15, -0.1) is 11.8 Å². The number of hydrogen-bond donors (Lipinski definition) is 1. The molecule has 3 heteroatoms. The van der Waals surface area contributed by atoms with E-state index in [0.29, 0.717) is 5.41 Å². The number of nitrogens with one attached hydrogen (secondary N) is 1. The summed E-state index contributed by atoms with van der Waals surface area (Å²) in [6.07, 6.45) is 4.62. The molecule has 0 saturated heterocycles. The van der Waals surface area contributed by atoms with Crippen LogP contribution in [0.4, 0.5) is 0 Å². The molecule has 0 radical (unpaired) electrons. The van der Waals surface area contributed by atoms with Crippen LogP contribution in [0.5, 0.6) is 0 Å². The zero-order chi connectivity index (χ0) is 10.9. The molecule has 0 unspecified atom stereocenters. The molecule has 1 N–H and O–H groups in total. The fourth-order valence-electron chi connectivity index (χ4n) is 2.05. The number of thioether (sulfide) groups is 1. The molecule has 0 bridgehead atoms. The lowest BCUT2D eigenvalue weighted by molar-refractivity contribution is 0.624. The van der Waals surface area contributed by atoms with Gasteiger partial charge in [0.15, 0.2) is 0 Å². The first-order valence-corrected chi connectivity index (χ1v) is 6.81. The van der Waals surface area contributed by atoms with Gasteiger partial charge in [-0.2, -0.15) is 0 Å². The highest BCUT2D eigenvalue weighted by molar-refractivity contribution is 7.98. The molecule has 1 aromatic carbocycles. The maximum Gasteiger partial charge on any atom is 0.0544 e. The fraction of sp³-hybridized carbons (Fsp3) is 0.500. The Kier molecular flexibility index (Phi) is 3.29. The molecule has 0 spiro atoms. The van der Waals surface area contributed by atoms with Gasteiger partial charge in [0.05, 0.1) is 5.02 Å². The van der Waals surface area contributed by atoms with Gasteiger partial charge in [-0.1, -0.05) is 17.7 Å². The predicted octanol–water partition coefficient (Wildman–Crippen LogP) is 3.31. The first-order chi connectivity index (χ1) is 7.22. The second-order valence-electron chi connectivity index (χ2n) is 4.16. The van der Waals surface area contributed by atoms with Gasteiger partial charge in [-0.25, -0.2) is 0 Å². The zero-order valence-electron chi connectivity index (χ0n) is 9.14. The average molecular weight is 242 g/mol. The van der Waals surface area contributed by atoms with Crippen LogP contribution in [0.2, 0.25) is 5.02 Å².